The Bertz CT molecular complexity index is 758. The van der Waals surface area contributed by atoms with Gasteiger partial charge in [-0.15, -0.1) is 0 Å². The first kappa shape index (κ1) is 64.5. The largest absolute Gasteiger partial charge is 1.00 e. The number of rotatable bonds is 8. The van der Waals surface area contributed by atoms with Crippen LogP contribution in [0.15, 0.2) is 6.08 Å². The number of carbonyl (C=O) groups excluding carboxylic acids is 3. The molecule has 242 valence electrons. The Labute approximate surface area is 381 Å². The fourth-order valence-corrected chi connectivity index (χ4v) is 3.52. The summed E-state index contributed by atoms with van der Waals surface area (Å²) in [5.74, 6) is -4.34. The smallest absolute Gasteiger partial charge is 0.518 e. The van der Waals surface area contributed by atoms with Crippen LogP contribution in [0.3, 0.4) is 0 Å². The predicted molar refractivity (Wildman–Crippen MR) is 140 cm³/mol. The third-order valence-electron chi connectivity index (χ3n) is 5.40. The number of ether oxygens (including phenoxy) is 3. The van der Waals surface area contributed by atoms with Crippen LogP contribution >= 0.6 is 0 Å². The SMILES string of the molecule is CCOC(=O)C=[N+]=[N-].CCOC(=O)[C@@H]1C(C)[C@@H]1[BH-](F)F.CCOC(=O)[C@H]1C(C)[C@@H]1[BH-](F)F.F.F.FB(F)F.[CH-]=CC.[K+].[K+].[K+]. The van der Waals surface area contributed by atoms with E-state index in [9.17, 15) is 44.6 Å². The molecule has 8 nitrogen and oxygen atoms in total. The van der Waals surface area contributed by atoms with Crippen molar-refractivity contribution in [2.45, 2.75) is 53.2 Å². The van der Waals surface area contributed by atoms with Crippen LogP contribution in [0.2, 0.25) is 11.6 Å². The average Bonchev–Trinajstić information content (AvgIpc) is 3.69. The minimum atomic E-state index is -3.67. The molecule has 2 unspecified atom stereocenters. The van der Waals surface area contributed by atoms with E-state index in [1.807, 2.05) is 0 Å². The Morgan fingerprint density at radius 2 is 1.05 bits per heavy atom. The second kappa shape index (κ2) is 39.4. The van der Waals surface area contributed by atoms with Crippen LogP contribution in [0.1, 0.15) is 41.5 Å². The maximum absolute atomic E-state index is 12.2. The molecule has 0 N–H and O–H groups in total. The first-order valence-corrected chi connectivity index (χ1v) is 12.1. The van der Waals surface area contributed by atoms with Crippen LogP contribution in [0.5, 0.6) is 0 Å². The van der Waals surface area contributed by atoms with Crippen LogP contribution in [0, 0.1) is 30.3 Å². The Morgan fingerprint density at radius 1 is 0.795 bits per heavy atom. The number of halogens is 9. The van der Waals surface area contributed by atoms with Crippen molar-refractivity contribution in [3.05, 3.63) is 18.2 Å². The molecule has 23 heteroatoms. The summed E-state index contributed by atoms with van der Waals surface area (Å²) in [7, 11) is -9.94. The van der Waals surface area contributed by atoms with Crippen molar-refractivity contribution in [3.8, 4) is 0 Å². The minimum absolute atomic E-state index is 0. The summed E-state index contributed by atoms with van der Waals surface area (Å²) in [6.07, 6.45) is 2.20. The Morgan fingerprint density at radius 3 is 1.20 bits per heavy atom. The van der Waals surface area contributed by atoms with Crippen molar-refractivity contribution >= 4 is 46.2 Å². The van der Waals surface area contributed by atoms with Crippen LogP contribution in [0.25, 0.3) is 5.53 Å². The molecule has 0 saturated heterocycles. The topological polar surface area (TPSA) is 115 Å². The second-order valence-electron chi connectivity index (χ2n) is 8.00. The van der Waals surface area contributed by atoms with Crippen LogP contribution in [-0.4, -0.2) is 70.8 Å². The molecule has 0 aromatic rings. The quantitative estimate of drug-likeness (QED) is 0.0365. The van der Waals surface area contributed by atoms with Crippen LogP contribution in [0.4, 0.5) is 39.6 Å². The molecule has 2 rings (SSSR count). The first-order valence-electron chi connectivity index (χ1n) is 12.1. The predicted octanol–water partition coefficient (Wildman–Crippen LogP) is -4.27. The molecule has 0 bridgehead atoms. The van der Waals surface area contributed by atoms with Crippen LogP contribution < -0.4 is 154 Å². The summed E-state index contributed by atoms with van der Waals surface area (Å²) in [6.45, 7) is 15.7. The molecule has 0 aromatic carbocycles. The Balaban J connectivity index is -0.0000000641. The van der Waals surface area contributed by atoms with Gasteiger partial charge in [-0.1, -0.05) is 44.2 Å². The van der Waals surface area contributed by atoms with Crippen molar-refractivity contribution in [2.75, 3.05) is 19.8 Å². The average molecular weight is 734 g/mol. The van der Waals surface area contributed by atoms with E-state index in [0.29, 0.717) is 12.8 Å². The Kier molecular flexibility index (Phi) is 57.8. The normalized spacial score (nSPS) is 20.5. The fourth-order valence-electron chi connectivity index (χ4n) is 3.52. The molecular weight excluding hydrogens is 697 g/mol. The van der Waals surface area contributed by atoms with E-state index in [4.69, 9.17) is 12.1 Å². The Hall–Kier alpha value is 2.00. The zero-order valence-corrected chi connectivity index (χ0v) is 36.0. The molecule has 0 aliphatic heterocycles. The summed E-state index contributed by atoms with van der Waals surface area (Å²) in [6, 6.07) is 0. The van der Waals surface area contributed by atoms with Gasteiger partial charge in [-0.25, -0.2) is 4.79 Å². The number of hydrogen-bond donors (Lipinski definition) is 0. The van der Waals surface area contributed by atoms with Gasteiger partial charge in [0.1, 0.15) is 0 Å². The summed E-state index contributed by atoms with van der Waals surface area (Å²) >= 11 is 0. The van der Waals surface area contributed by atoms with Crippen molar-refractivity contribution in [1.82, 2.24) is 0 Å². The van der Waals surface area contributed by atoms with Gasteiger partial charge in [-0.2, -0.15) is 4.79 Å². The molecule has 0 spiro atoms. The van der Waals surface area contributed by atoms with Gasteiger partial charge in [-0.3, -0.25) is 38.0 Å². The van der Waals surface area contributed by atoms with Gasteiger partial charge >= 0.3 is 186 Å². The van der Waals surface area contributed by atoms with E-state index in [2.05, 4.69) is 19.0 Å². The van der Waals surface area contributed by atoms with Gasteiger partial charge in [0, 0.05) is 11.8 Å². The molecule has 0 aromatic heterocycles. The van der Waals surface area contributed by atoms with Gasteiger partial charge in [0.15, 0.2) is 0 Å². The molecule has 2 saturated carbocycles. The summed E-state index contributed by atoms with van der Waals surface area (Å²) in [5.41, 5.74) is 7.73. The van der Waals surface area contributed by atoms with E-state index in [0.717, 1.165) is 0 Å². The standard InChI is InChI=1S/2C7H12BF2O2.C4H6N2O2.C3H5.BF3.2FH.3K/c2*1-3-12-7(11)5-4(2)6(5)8(9)10;1-2-8-4(7)3-6-5;1-3-2;2-1(3)4;;;;;/h2*4-6,8H,3H2,1-2H3;3H,2H2,1H3;1,3H,2H3;;2*1H;;;/q2*-1;;-1;;;;3*+1/t4?,5-,6+;4?,5-,6-;;;;;;;;/m10......../s1. The maximum atomic E-state index is 12.2. The molecule has 6 atom stereocenters. The minimum Gasteiger partial charge on any atom is -0.518 e. The number of carbonyl (C=O) groups is 3. The fraction of sp³-hybridized carbons (Fsp3) is 0.714. The van der Waals surface area contributed by atoms with Gasteiger partial charge in [0.2, 0.25) is 0 Å². The van der Waals surface area contributed by atoms with E-state index < -0.39 is 63.5 Å². The molecule has 44 heavy (non-hydrogen) atoms. The summed E-state index contributed by atoms with van der Waals surface area (Å²) in [5, 5.41) is 0. The molecule has 0 radical (unpaired) electrons. The first-order chi connectivity index (χ1) is 18.1. The molecule has 0 heterocycles. The molecule has 0 amide bonds. The molecular formula is C21H37B3F9K3N2O6. The third-order valence-corrected chi connectivity index (χ3v) is 5.40. The van der Waals surface area contributed by atoms with E-state index in [1.54, 1.807) is 41.5 Å². The van der Waals surface area contributed by atoms with E-state index in [1.165, 1.54) is 6.08 Å². The maximum Gasteiger partial charge on any atom is 1.00 e. The van der Waals surface area contributed by atoms with Crippen molar-refractivity contribution in [2.24, 2.45) is 23.7 Å². The summed E-state index contributed by atoms with van der Waals surface area (Å²) in [4.78, 5) is 34.5. The zero-order chi connectivity index (χ0) is 31.3. The number of esters is 3. The van der Waals surface area contributed by atoms with Gasteiger partial charge in [-0.05, 0) is 20.8 Å². The number of allylic oxidation sites excluding steroid dienone is 1. The van der Waals surface area contributed by atoms with Crippen molar-refractivity contribution < 1.29 is 227 Å². The van der Waals surface area contributed by atoms with Gasteiger partial charge in [0.05, 0.1) is 19.8 Å². The monoisotopic (exact) mass is 734 g/mol. The van der Waals surface area contributed by atoms with E-state index >= 15 is 0 Å². The molecule has 2 aliphatic rings. The van der Waals surface area contributed by atoms with Crippen molar-refractivity contribution in [3.63, 3.8) is 0 Å². The summed E-state index contributed by atoms with van der Waals surface area (Å²) < 4.78 is 91.4. The molecule has 2 fully saturated rings. The number of hydrogen-bond acceptors (Lipinski definition) is 6. The molecule has 2 aliphatic carbocycles. The zero-order valence-electron chi connectivity index (χ0n) is 26.6. The van der Waals surface area contributed by atoms with E-state index in [-0.39, 0.29) is 189 Å². The van der Waals surface area contributed by atoms with Gasteiger partial charge < -0.3 is 43.6 Å². The van der Waals surface area contributed by atoms with Crippen LogP contribution in [-0.2, 0) is 28.6 Å². The third kappa shape index (κ3) is 32.5. The second-order valence-corrected chi connectivity index (χ2v) is 8.00. The van der Waals surface area contributed by atoms with Crippen molar-refractivity contribution in [1.29, 1.82) is 0 Å². The number of nitrogens with zero attached hydrogens (tertiary/aromatic N) is 2. The van der Waals surface area contributed by atoms with Gasteiger partial charge in [0.25, 0.3) is 14.5 Å².